The second-order valence-electron chi connectivity index (χ2n) is 6.89. The molecule has 154 valence electrons. The van der Waals surface area contributed by atoms with Crippen molar-refractivity contribution in [2.75, 3.05) is 12.4 Å². The van der Waals surface area contributed by atoms with Gasteiger partial charge in [0.05, 0.1) is 29.3 Å². The number of rotatable bonds is 4. The van der Waals surface area contributed by atoms with E-state index in [1.165, 1.54) is 11.7 Å². The predicted molar refractivity (Wildman–Crippen MR) is 118 cm³/mol. The molecule has 0 spiro atoms. The predicted octanol–water partition coefficient (Wildman–Crippen LogP) is 3.73. The fourth-order valence-corrected chi connectivity index (χ4v) is 3.32. The van der Waals surface area contributed by atoms with Crippen molar-refractivity contribution < 1.29 is 14.3 Å². The van der Waals surface area contributed by atoms with Crippen LogP contribution in [-0.4, -0.2) is 28.5 Å². The van der Waals surface area contributed by atoms with Gasteiger partial charge in [-0.3, -0.25) is 14.2 Å². The number of hydrogen-bond acceptors (Lipinski definition) is 5. The summed E-state index contributed by atoms with van der Waals surface area (Å²) in [7, 11) is 1.31. The molecule has 1 aromatic heterocycles. The van der Waals surface area contributed by atoms with E-state index in [0.29, 0.717) is 39.2 Å². The van der Waals surface area contributed by atoms with Crippen LogP contribution in [0.2, 0.25) is 0 Å². The Hall–Kier alpha value is -4.26. The maximum atomic E-state index is 12.9. The van der Waals surface area contributed by atoms with E-state index in [4.69, 9.17) is 0 Å². The van der Waals surface area contributed by atoms with Crippen molar-refractivity contribution in [3.8, 4) is 5.69 Å². The summed E-state index contributed by atoms with van der Waals surface area (Å²) in [6, 6.07) is 20.3. The molecule has 0 bridgehead atoms. The first-order valence-corrected chi connectivity index (χ1v) is 9.56. The van der Waals surface area contributed by atoms with Crippen LogP contribution < -0.4 is 10.9 Å². The molecule has 4 aromatic rings. The Morgan fingerprint density at radius 2 is 1.55 bits per heavy atom. The van der Waals surface area contributed by atoms with Gasteiger partial charge >= 0.3 is 5.97 Å². The molecule has 0 fully saturated rings. The number of anilines is 1. The van der Waals surface area contributed by atoms with Crippen LogP contribution in [0, 0.1) is 6.92 Å². The minimum absolute atomic E-state index is 0.161. The van der Waals surface area contributed by atoms with Crippen LogP contribution in [0.1, 0.15) is 26.5 Å². The summed E-state index contributed by atoms with van der Waals surface area (Å²) in [6.45, 7) is 1.77. The third-order valence-corrected chi connectivity index (χ3v) is 4.89. The number of nitrogens with one attached hydrogen (secondary N) is 1. The Labute approximate surface area is 177 Å². The van der Waals surface area contributed by atoms with Crippen LogP contribution in [0.5, 0.6) is 0 Å². The third-order valence-electron chi connectivity index (χ3n) is 4.89. The highest BCUT2D eigenvalue weighted by molar-refractivity contribution is 6.04. The fraction of sp³-hybridized carbons (Fsp3) is 0.0833. The molecular formula is C24H19N3O4. The first-order valence-electron chi connectivity index (χ1n) is 9.56. The molecule has 1 heterocycles. The van der Waals surface area contributed by atoms with Crippen LogP contribution in [0.15, 0.2) is 77.6 Å². The Morgan fingerprint density at radius 3 is 2.23 bits per heavy atom. The van der Waals surface area contributed by atoms with E-state index >= 15 is 0 Å². The van der Waals surface area contributed by atoms with Crippen molar-refractivity contribution in [2.24, 2.45) is 0 Å². The molecule has 0 aliphatic carbocycles. The van der Waals surface area contributed by atoms with Gasteiger partial charge in [0.25, 0.3) is 11.5 Å². The minimum atomic E-state index is -0.442. The number of ether oxygens (including phenoxy) is 1. The maximum absolute atomic E-state index is 12.9. The largest absolute Gasteiger partial charge is 0.465 e. The lowest BCUT2D eigenvalue weighted by Crippen LogP contribution is -2.22. The van der Waals surface area contributed by atoms with Crippen molar-refractivity contribution in [1.82, 2.24) is 9.55 Å². The number of hydrogen-bond donors (Lipinski definition) is 1. The number of benzene rings is 3. The summed E-state index contributed by atoms with van der Waals surface area (Å²) in [5.74, 6) is -0.188. The van der Waals surface area contributed by atoms with Crippen molar-refractivity contribution in [2.45, 2.75) is 6.92 Å². The van der Waals surface area contributed by atoms with E-state index in [0.717, 1.165) is 0 Å². The van der Waals surface area contributed by atoms with E-state index in [-0.39, 0.29) is 11.5 Å². The Morgan fingerprint density at radius 1 is 0.903 bits per heavy atom. The molecule has 3 aromatic carbocycles. The highest BCUT2D eigenvalue weighted by Crippen LogP contribution is 2.16. The van der Waals surface area contributed by atoms with Crippen molar-refractivity contribution in [3.05, 3.63) is 100 Å². The summed E-state index contributed by atoms with van der Waals surface area (Å²) in [4.78, 5) is 41.5. The van der Waals surface area contributed by atoms with Crippen LogP contribution in [0.25, 0.3) is 16.6 Å². The van der Waals surface area contributed by atoms with E-state index in [2.05, 4.69) is 15.0 Å². The van der Waals surface area contributed by atoms with Gasteiger partial charge in [0.1, 0.15) is 5.82 Å². The van der Waals surface area contributed by atoms with Gasteiger partial charge in [0.15, 0.2) is 0 Å². The molecule has 4 rings (SSSR count). The number of amides is 1. The molecule has 7 nitrogen and oxygen atoms in total. The summed E-state index contributed by atoms with van der Waals surface area (Å²) in [6.07, 6.45) is 0. The quantitative estimate of drug-likeness (QED) is 0.515. The average Bonchev–Trinajstić information content (AvgIpc) is 2.79. The van der Waals surface area contributed by atoms with Gasteiger partial charge in [-0.2, -0.15) is 0 Å². The smallest absolute Gasteiger partial charge is 0.337 e. The molecule has 0 atom stereocenters. The topological polar surface area (TPSA) is 90.3 Å². The standard InChI is InChI=1S/C24H19N3O4/c1-15-25-21-6-4-3-5-20(21)23(29)27(15)19-13-9-16(10-14-19)22(28)26-18-11-7-17(8-12-18)24(30)31-2/h3-14H,1-2H3,(H,26,28). The van der Waals surface area contributed by atoms with Gasteiger partial charge in [-0.15, -0.1) is 0 Å². The fourth-order valence-electron chi connectivity index (χ4n) is 3.32. The van der Waals surface area contributed by atoms with Crippen LogP contribution in [0.4, 0.5) is 5.69 Å². The molecule has 31 heavy (non-hydrogen) atoms. The van der Waals surface area contributed by atoms with Crippen LogP contribution in [-0.2, 0) is 4.74 Å². The lowest BCUT2D eigenvalue weighted by molar-refractivity contribution is 0.0600. The zero-order valence-electron chi connectivity index (χ0n) is 17.0. The Balaban J connectivity index is 1.57. The summed E-state index contributed by atoms with van der Waals surface area (Å²) >= 11 is 0. The summed E-state index contributed by atoms with van der Waals surface area (Å²) < 4.78 is 6.18. The molecule has 7 heteroatoms. The molecule has 1 N–H and O–H groups in total. The summed E-state index contributed by atoms with van der Waals surface area (Å²) in [5.41, 5.74) is 2.49. The number of para-hydroxylation sites is 1. The zero-order chi connectivity index (χ0) is 22.0. The number of carbonyl (C=O) groups is 2. The van der Waals surface area contributed by atoms with Gasteiger partial charge in [-0.05, 0) is 67.6 Å². The molecule has 0 unspecified atom stereocenters. The third kappa shape index (κ3) is 3.93. The van der Waals surface area contributed by atoms with Gasteiger partial charge in [0.2, 0.25) is 0 Å². The number of aryl methyl sites for hydroxylation is 1. The Kier molecular flexibility index (Phi) is 5.32. The molecule has 0 radical (unpaired) electrons. The molecule has 0 saturated heterocycles. The SMILES string of the molecule is COC(=O)c1ccc(NC(=O)c2ccc(-n3c(C)nc4ccccc4c3=O)cc2)cc1. The second-order valence-corrected chi connectivity index (χ2v) is 6.89. The van der Waals surface area contributed by atoms with E-state index in [9.17, 15) is 14.4 Å². The van der Waals surface area contributed by atoms with E-state index in [1.54, 1.807) is 73.7 Å². The zero-order valence-corrected chi connectivity index (χ0v) is 17.0. The van der Waals surface area contributed by atoms with Gasteiger partial charge in [-0.25, -0.2) is 9.78 Å². The van der Waals surface area contributed by atoms with Crippen molar-refractivity contribution in [1.29, 1.82) is 0 Å². The van der Waals surface area contributed by atoms with Crippen molar-refractivity contribution >= 4 is 28.5 Å². The molecular weight excluding hydrogens is 394 g/mol. The number of esters is 1. The lowest BCUT2D eigenvalue weighted by atomic mass is 10.1. The van der Waals surface area contributed by atoms with Crippen molar-refractivity contribution in [3.63, 3.8) is 0 Å². The van der Waals surface area contributed by atoms with Crippen LogP contribution >= 0.6 is 0 Å². The molecule has 0 saturated carbocycles. The number of nitrogens with zero attached hydrogens (tertiary/aromatic N) is 2. The van der Waals surface area contributed by atoms with E-state index < -0.39 is 5.97 Å². The number of aromatic nitrogens is 2. The van der Waals surface area contributed by atoms with Gasteiger partial charge < -0.3 is 10.1 Å². The first kappa shape index (κ1) is 20.0. The van der Waals surface area contributed by atoms with Gasteiger partial charge in [0, 0.05) is 11.3 Å². The maximum Gasteiger partial charge on any atom is 0.337 e. The number of methoxy groups -OCH3 is 1. The average molecular weight is 413 g/mol. The Bertz CT molecular complexity index is 1340. The highest BCUT2D eigenvalue weighted by atomic mass is 16.5. The summed E-state index contributed by atoms with van der Waals surface area (Å²) in [5, 5.41) is 3.31. The van der Waals surface area contributed by atoms with Gasteiger partial charge in [-0.1, -0.05) is 12.1 Å². The molecule has 0 aliphatic rings. The number of fused-ring (bicyclic) bond motifs is 1. The second kappa shape index (κ2) is 8.23. The first-order chi connectivity index (χ1) is 15.0. The number of carbonyl (C=O) groups excluding carboxylic acids is 2. The van der Waals surface area contributed by atoms with E-state index in [1.807, 2.05) is 6.07 Å². The lowest BCUT2D eigenvalue weighted by Gasteiger charge is -2.12. The monoisotopic (exact) mass is 413 g/mol. The highest BCUT2D eigenvalue weighted by Gasteiger charge is 2.12. The van der Waals surface area contributed by atoms with Crippen LogP contribution in [0.3, 0.4) is 0 Å². The molecule has 0 aliphatic heterocycles. The molecule has 1 amide bonds. The normalized spacial score (nSPS) is 10.6. The minimum Gasteiger partial charge on any atom is -0.465 e.